The van der Waals surface area contributed by atoms with Crippen LogP contribution < -0.4 is 4.90 Å². The van der Waals surface area contributed by atoms with E-state index in [4.69, 9.17) is 5.11 Å². The molecule has 0 aliphatic heterocycles. The molecule has 0 atom stereocenters. The molecule has 2 aromatic rings. The molecule has 1 heterocycles. The van der Waals surface area contributed by atoms with Crippen LogP contribution in [0.1, 0.15) is 27.2 Å². The van der Waals surface area contributed by atoms with Gasteiger partial charge in [0.1, 0.15) is 0 Å². The van der Waals surface area contributed by atoms with E-state index in [1.165, 1.54) is 11.3 Å². The Hall–Kier alpha value is -2.09. The highest BCUT2D eigenvalue weighted by molar-refractivity contribution is 7.10. The van der Waals surface area contributed by atoms with Gasteiger partial charge in [-0.2, -0.15) is 0 Å². The van der Waals surface area contributed by atoms with Crippen molar-refractivity contribution in [3.63, 3.8) is 0 Å². The number of aliphatic hydroxyl groups is 1. The molecule has 0 spiro atoms. The quantitative estimate of drug-likeness (QED) is 0.885. The van der Waals surface area contributed by atoms with E-state index in [1.54, 1.807) is 18.0 Å². The maximum atomic E-state index is 12.4. The molecule has 2 rings (SSSR count). The number of carbonyl (C=O) groups excluding carboxylic acids is 1. The first-order valence-corrected chi connectivity index (χ1v) is 7.53. The van der Waals surface area contributed by atoms with Crippen LogP contribution in [0.2, 0.25) is 0 Å². The van der Waals surface area contributed by atoms with Gasteiger partial charge >= 0.3 is 0 Å². The summed E-state index contributed by atoms with van der Waals surface area (Å²) in [6.07, 6.45) is 0.449. The molecule has 0 bridgehead atoms. The van der Waals surface area contributed by atoms with E-state index in [-0.39, 0.29) is 12.5 Å². The molecule has 1 aromatic heterocycles. The molecule has 1 aromatic carbocycles. The molecular weight excluding hydrogens is 282 g/mol. The Morgan fingerprint density at radius 2 is 2.05 bits per heavy atom. The predicted octanol–water partition coefficient (Wildman–Crippen LogP) is 3.07. The smallest absolute Gasteiger partial charge is 0.258 e. The lowest BCUT2D eigenvalue weighted by atomic mass is 10.2. The number of aryl methyl sites for hydroxylation is 1. The summed E-state index contributed by atoms with van der Waals surface area (Å²) in [5.41, 5.74) is 2.66. The molecule has 1 N–H and O–H groups in total. The Balaban J connectivity index is 2.13. The average Bonchev–Trinajstić information content (AvgIpc) is 2.96. The SMILES string of the molecule is Cc1ccc(N(C)C(=O)c2csc(C#CCCO)c2)cc1. The Morgan fingerprint density at radius 3 is 2.71 bits per heavy atom. The van der Waals surface area contributed by atoms with Gasteiger partial charge in [-0.05, 0) is 25.1 Å². The van der Waals surface area contributed by atoms with Gasteiger partial charge in [0.15, 0.2) is 0 Å². The van der Waals surface area contributed by atoms with E-state index in [0.717, 1.165) is 16.1 Å². The van der Waals surface area contributed by atoms with Crippen molar-refractivity contribution in [2.75, 3.05) is 18.6 Å². The molecule has 108 valence electrons. The van der Waals surface area contributed by atoms with E-state index in [2.05, 4.69) is 11.8 Å². The number of amides is 1. The van der Waals surface area contributed by atoms with E-state index in [1.807, 2.05) is 36.6 Å². The van der Waals surface area contributed by atoms with Gasteiger partial charge in [-0.25, -0.2) is 0 Å². The molecule has 3 nitrogen and oxygen atoms in total. The summed E-state index contributed by atoms with van der Waals surface area (Å²) < 4.78 is 0. The van der Waals surface area contributed by atoms with Crippen LogP contribution in [0.3, 0.4) is 0 Å². The Labute approximate surface area is 128 Å². The highest BCUT2D eigenvalue weighted by Crippen LogP contribution is 2.19. The number of carbonyl (C=O) groups is 1. The summed E-state index contributed by atoms with van der Waals surface area (Å²) >= 11 is 1.44. The lowest BCUT2D eigenvalue weighted by Crippen LogP contribution is -2.25. The van der Waals surface area contributed by atoms with Crippen LogP contribution in [-0.4, -0.2) is 24.7 Å². The van der Waals surface area contributed by atoms with Gasteiger partial charge in [0.25, 0.3) is 5.91 Å². The summed E-state index contributed by atoms with van der Waals surface area (Å²) in [5.74, 6) is 5.75. The fourth-order valence-corrected chi connectivity index (χ4v) is 2.55. The summed E-state index contributed by atoms with van der Waals surface area (Å²) in [6.45, 7) is 2.07. The standard InChI is InChI=1S/C17H17NO2S/c1-13-6-8-15(9-7-13)18(2)17(20)14-11-16(21-12-14)5-3-4-10-19/h6-9,11-12,19H,4,10H2,1-2H3. The molecule has 0 unspecified atom stereocenters. The number of hydrogen-bond donors (Lipinski definition) is 1. The van der Waals surface area contributed by atoms with Gasteiger partial charge < -0.3 is 10.0 Å². The van der Waals surface area contributed by atoms with Gasteiger partial charge in [0.05, 0.1) is 17.0 Å². The fourth-order valence-electron chi connectivity index (χ4n) is 1.80. The first kappa shape index (κ1) is 15.3. The molecule has 0 aliphatic carbocycles. The maximum absolute atomic E-state index is 12.4. The third-order valence-electron chi connectivity index (χ3n) is 3.02. The number of benzene rings is 1. The first-order chi connectivity index (χ1) is 10.1. The lowest BCUT2D eigenvalue weighted by molar-refractivity contribution is 0.0993. The van der Waals surface area contributed by atoms with E-state index in [9.17, 15) is 4.79 Å². The molecule has 0 fully saturated rings. The van der Waals surface area contributed by atoms with Crippen molar-refractivity contribution < 1.29 is 9.90 Å². The van der Waals surface area contributed by atoms with Gasteiger partial charge in [0, 0.05) is 24.5 Å². The highest BCUT2D eigenvalue weighted by Gasteiger charge is 2.14. The molecule has 4 heteroatoms. The van der Waals surface area contributed by atoms with Crippen LogP contribution >= 0.6 is 11.3 Å². The zero-order valence-corrected chi connectivity index (χ0v) is 12.9. The van der Waals surface area contributed by atoms with Gasteiger partial charge in [-0.1, -0.05) is 29.5 Å². The van der Waals surface area contributed by atoms with Crippen molar-refractivity contribution in [3.8, 4) is 11.8 Å². The number of nitrogens with zero attached hydrogens (tertiary/aromatic N) is 1. The molecule has 21 heavy (non-hydrogen) atoms. The van der Waals surface area contributed by atoms with E-state index >= 15 is 0 Å². The van der Waals surface area contributed by atoms with Crippen molar-refractivity contribution in [3.05, 3.63) is 51.7 Å². The zero-order chi connectivity index (χ0) is 15.2. The zero-order valence-electron chi connectivity index (χ0n) is 12.1. The van der Waals surface area contributed by atoms with Crippen molar-refractivity contribution in [2.24, 2.45) is 0 Å². The van der Waals surface area contributed by atoms with Crippen molar-refractivity contribution in [1.82, 2.24) is 0 Å². The molecule has 0 saturated carbocycles. The van der Waals surface area contributed by atoms with E-state index in [0.29, 0.717) is 12.0 Å². The normalized spacial score (nSPS) is 9.86. The monoisotopic (exact) mass is 299 g/mol. The lowest BCUT2D eigenvalue weighted by Gasteiger charge is -2.16. The van der Waals surface area contributed by atoms with Crippen molar-refractivity contribution in [2.45, 2.75) is 13.3 Å². The van der Waals surface area contributed by atoms with Crippen LogP contribution in [0, 0.1) is 18.8 Å². The van der Waals surface area contributed by atoms with Crippen LogP contribution in [0.4, 0.5) is 5.69 Å². The topological polar surface area (TPSA) is 40.5 Å². The van der Waals surface area contributed by atoms with Gasteiger partial charge in [-0.15, -0.1) is 11.3 Å². The third kappa shape index (κ3) is 3.94. The second kappa shape index (κ2) is 7.07. The Morgan fingerprint density at radius 1 is 1.33 bits per heavy atom. The number of thiophene rings is 1. The van der Waals surface area contributed by atoms with Crippen molar-refractivity contribution in [1.29, 1.82) is 0 Å². The highest BCUT2D eigenvalue weighted by atomic mass is 32.1. The van der Waals surface area contributed by atoms with Crippen LogP contribution in [-0.2, 0) is 0 Å². The van der Waals surface area contributed by atoms with Gasteiger partial charge in [0.2, 0.25) is 0 Å². The number of rotatable bonds is 3. The largest absolute Gasteiger partial charge is 0.395 e. The first-order valence-electron chi connectivity index (χ1n) is 6.65. The molecule has 0 radical (unpaired) electrons. The van der Waals surface area contributed by atoms with E-state index < -0.39 is 0 Å². The minimum Gasteiger partial charge on any atom is -0.395 e. The number of aliphatic hydroxyl groups excluding tert-OH is 1. The average molecular weight is 299 g/mol. The predicted molar refractivity (Wildman–Crippen MR) is 86.8 cm³/mol. The minimum atomic E-state index is -0.0506. The number of hydrogen-bond acceptors (Lipinski definition) is 3. The second-order valence-electron chi connectivity index (χ2n) is 4.67. The molecule has 1 amide bonds. The second-order valence-corrected chi connectivity index (χ2v) is 5.59. The molecule has 0 aliphatic rings. The Kier molecular flexibility index (Phi) is 5.15. The maximum Gasteiger partial charge on any atom is 0.258 e. The molecule has 0 saturated heterocycles. The Bertz CT molecular complexity index is 677. The van der Waals surface area contributed by atoms with Crippen molar-refractivity contribution >= 4 is 22.9 Å². The summed E-state index contributed by atoms with van der Waals surface area (Å²) in [7, 11) is 1.77. The van der Waals surface area contributed by atoms with Crippen LogP contribution in [0.15, 0.2) is 35.7 Å². The van der Waals surface area contributed by atoms with Crippen LogP contribution in [0.5, 0.6) is 0 Å². The van der Waals surface area contributed by atoms with Crippen LogP contribution in [0.25, 0.3) is 0 Å². The summed E-state index contributed by atoms with van der Waals surface area (Å²) in [6, 6.07) is 9.63. The fraction of sp³-hybridized carbons (Fsp3) is 0.235. The molecular formula is C17H17NO2S. The number of anilines is 1. The summed E-state index contributed by atoms with van der Waals surface area (Å²) in [4.78, 5) is 14.9. The summed E-state index contributed by atoms with van der Waals surface area (Å²) in [5, 5.41) is 10.5. The third-order valence-corrected chi connectivity index (χ3v) is 3.87. The van der Waals surface area contributed by atoms with Gasteiger partial charge in [-0.3, -0.25) is 4.79 Å². The minimum absolute atomic E-state index is 0.0506.